The molecule has 4 saturated carbocycles. The van der Waals surface area contributed by atoms with Crippen molar-refractivity contribution in [3.05, 3.63) is 11.6 Å². The molecule has 0 aliphatic heterocycles. The number of rotatable bonds is 0. The number of fused-ring (bicyclic) bond motifs is 7. The molecule has 0 spiro atoms. The molecule has 1 unspecified atom stereocenters. The molecule has 0 aromatic carbocycles. The van der Waals surface area contributed by atoms with Gasteiger partial charge in [0.2, 0.25) is 0 Å². The summed E-state index contributed by atoms with van der Waals surface area (Å²) in [6.45, 7) is 16.3. The summed E-state index contributed by atoms with van der Waals surface area (Å²) in [5.74, 6) is 2.20. The molecule has 3 N–H and O–H groups in total. The van der Waals surface area contributed by atoms with Gasteiger partial charge in [0.15, 0.2) is 0 Å². The molecular weight excluding hydrogens is 396 g/mol. The van der Waals surface area contributed by atoms with E-state index in [1.54, 1.807) is 5.57 Å². The van der Waals surface area contributed by atoms with E-state index in [-0.39, 0.29) is 21.7 Å². The molecule has 0 saturated heterocycles. The van der Waals surface area contributed by atoms with Crippen molar-refractivity contribution in [3.63, 3.8) is 0 Å². The first-order valence-corrected chi connectivity index (χ1v) is 13.5. The van der Waals surface area contributed by atoms with Crippen LogP contribution in [0.15, 0.2) is 11.6 Å². The number of allylic oxidation sites excluding steroid dienone is 1. The fraction of sp³-hybridized carbons (Fsp3) is 0.931. The van der Waals surface area contributed by atoms with E-state index in [4.69, 9.17) is 0 Å². The summed E-state index contributed by atoms with van der Waals surface area (Å²) in [6.07, 6.45) is 10.2. The lowest BCUT2D eigenvalue weighted by molar-refractivity contribution is -0.232. The fourth-order valence-corrected chi connectivity index (χ4v) is 10.6. The van der Waals surface area contributed by atoms with Gasteiger partial charge in [0.25, 0.3) is 0 Å². The Labute approximate surface area is 196 Å². The Kier molecular flexibility index (Phi) is 5.00. The quantitative estimate of drug-likeness (QED) is 0.419. The van der Waals surface area contributed by atoms with Crippen LogP contribution in [0.25, 0.3) is 0 Å². The summed E-state index contributed by atoms with van der Waals surface area (Å²) in [4.78, 5) is 0. The third kappa shape index (κ3) is 2.65. The van der Waals surface area contributed by atoms with Crippen LogP contribution in [-0.2, 0) is 0 Å². The summed E-state index contributed by atoms with van der Waals surface area (Å²) >= 11 is 0. The van der Waals surface area contributed by atoms with Crippen LogP contribution in [0.5, 0.6) is 0 Å². The van der Waals surface area contributed by atoms with Crippen LogP contribution in [0.4, 0.5) is 0 Å². The minimum atomic E-state index is -0.637. The SMILES string of the molecule is C[C@@H]1CC[C@@H]2CC[C@]3(C)C(=CC[C@@H]4[C@@]5(C)C[C@@H](O)[C@@H](O)C(C)(C)C5CC[C@]43C)[C@@H]2[C@]1(C)O. The minimum Gasteiger partial charge on any atom is -0.390 e. The van der Waals surface area contributed by atoms with Crippen LogP contribution >= 0.6 is 0 Å². The van der Waals surface area contributed by atoms with Crippen LogP contribution in [-0.4, -0.2) is 33.1 Å². The van der Waals surface area contributed by atoms with E-state index in [9.17, 15) is 15.3 Å². The van der Waals surface area contributed by atoms with Crippen molar-refractivity contribution in [2.75, 3.05) is 0 Å². The molecule has 5 aliphatic rings. The lowest BCUT2D eigenvalue weighted by atomic mass is 9.34. The molecule has 0 aromatic rings. The van der Waals surface area contributed by atoms with E-state index in [1.165, 1.54) is 25.7 Å². The number of hydrogen-bond acceptors (Lipinski definition) is 3. The van der Waals surface area contributed by atoms with Crippen molar-refractivity contribution in [1.29, 1.82) is 0 Å². The van der Waals surface area contributed by atoms with Crippen molar-refractivity contribution in [1.82, 2.24) is 0 Å². The van der Waals surface area contributed by atoms with Crippen molar-refractivity contribution < 1.29 is 15.3 Å². The van der Waals surface area contributed by atoms with Crippen molar-refractivity contribution in [3.8, 4) is 0 Å². The molecule has 0 heterocycles. The zero-order chi connectivity index (χ0) is 23.5. The van der Waals surface area contributed by atoms with Crippen LogP contribution in [0, 0.1) is 51.2 Å². The minimum absolute atomic E-state index is 0.0272. The molecule has 0 aromatic heterocycles. The molecule has 3 heteroatoms. The lowest BCUT2D eigenvalue weighted by Crippen LogP contribution is -2.67. The van der Waals surface area contributed by atoms with Crippen molar-refractivity contribution in [2.45, 2.75) is 118 Å². The van der Waals surface area contributed by atoms with Gasteiger partial charge in [-0.1, -0.05) is 53.2 Å². The van der Waals surface area contributed by atoms with E-state index in [1.807, 2.05) is 0 Å². The zero-order valence-corrected chi connectivity index (χ0v) is 21.6. The highest BCUT2D eigenvalue weighted by Gasteiger charge is 2.68. The van der Waals surface area contributed by atoms with Gasteiger partial charge in [0, 0.05) is 5.92 Å². The maximum absolute atomic E-state index is 11.7. The van der Waals surface area contributed by atoms with Crippen LogP contribution in [0.1, 0.15) is 99.8 Å². The highest BCUT2D eigenvalue weighted by Crippen LogP contribution is 2.74. The van der Waals surface area contributed by atoms with Gasteiger partial charge in [-0.2, -0.15) is 0 Å². The normalized spacial score (nSPS) is 59.2. The van der Waals surface area contributed by atoms with Crippen molar-refractivity contribution >= 4 is 0 Å². The highest BCUT2D eigenvalue weighted by atomic mass is 16.3. The van der Waals surface area contributed by atoms with Crippen LogP contribution in [0.2, 0.25) is 0 Å². The van der Waals surface area contributed by atoms with Gasteiger partial charge >= 0.3 is 0 Å². The Morgan fingerprint density at radius 1 is 0.875 bits per heavy atom. The molecule has 0 amide bonds. The smallest absolute Gasteiger partial charge is 0.0852 e. The average Bonchev–Trinajstić information content (AvgIpc) is 2.69. The van der Waals surface area contributed by atoms with E-state index in [0.717, 1.165) is 19.3 Å². The van der Waals surface area contributed by atoms with E-state index in [2.05, 4.69) is 54.5 Å². The first-order chi connectivity index (χ1) is 14.7. The van der Waals surface area contributed by atoms with Gasteiger partial charge in [-0.05, 0) is 104 Å². The molecule has 182 valence electrons. The molecule has 3 nitrogen and oxygen atoms in total. The average molecular weight is 445 g/mol. The first-order valence-electron chi connectivity index (χ1n) is 13.5. The van der Waals surface area contributed by atoms with E-state index < -0.39 is 17.8 Å². The van der Waals surface area contributed by atoms with Gasteiger partial charge in [0.1, 0.15) is 0 Å². The standard InChI is InChI=1S/C29H48O3/c1-17-8-9-18-12-14-27(5)19(23(18)29(17,7)32)10-11-22-26(4)16-20(30)24(31)25(2,3)21(26)13-15-28(22,27)6/h10,17-18,20-24,30-32H,8-9,11-16H2,1-7H3/t17-,18-,20-,21?,22-,23-,24-,26+,27-,28-,29-/m1/s1. The Bertz CT molecular complexity index is 813. The molecule has 0 radical (unpaired) electrons. The van der Waals surface area contributed by atoms with Gasteiger partial charge in [-0.25, -0.2) is 0 Å². The Balaban J connectivity index is 1.60. The Morgan fingerprint density at radius 2 is 1.56 bits per heavy atom. The third-order valence-corrected chi connectivity index (χ3v) is 12.9. The number of hydrogen-bond donors (Lipinski definition) is 3. The van der Waals surface area contributed by atoms with Crippen LogP contribution in [0.3, 0.4) is 0 Å². The molecule has 4 fully saturated rings. The summed E-state index contributed by atoms with van der Waals surface area (Å²) in [6, 6.07) is 0. The first kappa shape index (κ1) is 23.4. The van der Waals surface area contributed by atoms with E-state index >= 15 is 0 Å². The monoisotopic (exact) mass is 444 g/mol. The second-order valence-electron chi connectivity index (χ2n) is 14.3. The van der Waals surface area contributed by atoms with Gasteiger partial charge in [0.05, 0.1) is 17.8 Å². The maximum Gasteiger partial charge on any atom is 0.0852 e. The zero-order valence-electron chi connectivity index (χ0n) is 21.6. The van der Waals surface area contributed by atoms with Gasteiger partial charge in [-0.3, -0.25) is 0 Å². The topological polar surface area (TPSA) is 60.7 Å². The van der Waals surface area contributed by atoms with Gasteiger partial charge < -0.3 is 15.3 Å². The van der Waals surface area contributed by atoms with Gasteiger partial charge in [-0.15, -0.1) is 0 Å². The second kappa shape index (κ2) is 6.85. The molecular formula is C29H48O3. The van der Waals surface area contributed by atoms with E-state index in [0.29, 0.717) is 36.0 Å². The second-order valence-corrected chi connectivity index (χ2v) is 14.3. The molecule has 32 heavy (non-hydrogen) atoms. The molecule has 11 atom stereocenters. The third-order valence-electron chi connectivity index (χ3n) is 12.9. The summed E-state index contributed by atoms with van der Waals surface area (Å²) in [7, 11) is 0. The van der Waals surface area contributed by atoms with Crippen LogP contribution < -0.4 is 0 Å². The predicted molar refractivity (Wildman–Crippen MR) is 129 cm³/mol. The maximum atomic E-state index is 11.7. The highest BCUT2D eigenvalue weighted by molar-refractivity contribution is 5.34. The fourth-order valence-electron chi connectivity index (χ4n) is 10.6. The molecule has 5 aliphatic carbocycles. The Morgan fingerprint density at radius 3 is 2.25 bits per heavy atom. The summed E-state index contributed by atoms with van der Waals surface area (Å²) < 4.78 is 0. The lowest BCUT2D eigenvalue weighted by Gasteiger charge is -2.71. The van der Waals surface area contributed by atoms with Crippen molar-refractivity contribution in [2.24, 2.45) is 51.2 Å². The predicted octanol–water partition coefficient (Wildman–Crippen LogP) is 5.72. The number of aliphatic hydroxyl groups excluding tert-OH is 2. The number of aliphatic hydroxyl groups is 3. The molecule has 5 rings (SSSR count). The largest absolute Gasteiger partial charge is 0.390 e. The summed E-state index contributed by atoms with van der Waals surface area (Å²) in [5.41, 5.74) is 0.993. The molecule has 0 bridgehead atoms. The summed E-state index contributed by atoms with van der Waals surface area (Å²) in [5, 5.41) is 33.6. The Hall–Kier alpha value is -0.380.